The lowest BCUT2D eigenvalue weighted by Gasteiger charge is -2.10. The zero-order chi connectivity index (χ0) is 24.6. The van der Waals surface area contributed by atoms with E-state index in [-0.39, 0.29) is 0 Å². The van der Waals surface area contributed by atoms with Crippen LogP contribution in [0.3, 0.4) is 0 Å². The highest BCUT2D eigenvalue weighted by Crippen LogP contribution is 2.31. The number of H-pyrrole nitrogens is 1. The molecular weight excluding hydrogens is 452 g/mol. The molecule has 0 aliphatic heterocycles. The van der Waals surface area contributed by atoms with E-state index in [9.17, 15) is 0 Å². The van der Waals surface area contributed by atoms with Crippen LogP contribution < -0.4 is 0 Å². The summed E-state index contributed by atoms with van der Waals surface area (Å²) in [7, 11) is 0. The van der Waals surface area contributed by atoms with Crippen molar-refractivity contribution in [2.24, 2.45) is 0 Å². The van der Waals surface area contributed by atoms with E-state index in [2.05, 4.69) is 89.9 Å². The van der Waals surface area contributed by atoms with Crippen molar-refractivity contribution in [3.05, 3.63) is 127 Å². The maximum atomic E-state index is 4.96. The number of nitrogens with zero attached hydrogens (tertiary/aromatic N) is 3. The molecule has 4 heteroatoms. The molecule has 0 radical (unpaired) electrons. The zero-order valence-electron chi connectivity index (χ0n) is 20.0. The molecule has 0 unspecified atom stereocenters. The van der Waals surface area contributed by atoms with E-state index in [0.29, 0.717) is 17.5 Å². The van der Waals surface area contributed by atoms with E-state index in [0.717, 1.165) is 38.9 Å². The first kappa shape index (κ1) is 21.2. The van der Waals surface area contributed by atoms with E-state index < -0.39 is 0 Å². The number of nitrogens with one attached hydrogen (secondary N) is 1. The van der Waals surface area contributed by atoms with Crippen LogP contribution in [0.4, 0.5) is 0 Å². The predicted octanol–water partition coefficient (Wildman–Crippen LogP) is 8.17. The standard InChI is InChI=1S/C33H22N4/c1-3-10-22(11-4-1)24-14-9-15-25(20-24)32-35-31(23-12-5-2-6-13-23)36-33(37-32)26-18-19-28-27-16-7-8-17-29(27)34-30(28)21-26/h1-21,34H. The Morgan fingerprint density at radius 3 is 1.65 bits per heavy atom. The fourth-order valence-corrected chi connectivity index (χ4v) is 4.81. The summed E-state index contributed by atoms with van der Waals surface area (Å²) in [4.78, 5) is 18.3. The van der Waals surface area contributed by atoms with Crippen molar-refractivity contribution in [3.63, 3.8) is 0 Å². The lowest BCUT2D eigenvalue weighted by molar-refractivity contribution is 1.07. The molecule has 0 saturated heterocycles. The molecule has 174 valence electrons. The summed E-state index contributed by atoms with van der Waals surface area (Å²) in [5.74, 6) is 1.95. The number of benzene rings is 5. The Balaban J connectivity index is 1.40. The SMILES string of the molecule is c1ccc(-c2cccc(-c3nc(-c4ccccc4)nc(-c4ccc5c(c4)[nH]c4ccccc45)n3)c2)cc1. The third-order valence-corrected chi connectivity index (χ3v) is 6.66. The number of hydrogen-bond donors (Lipinski definition) is 1. The average Bonchev–Trinajstić information content (AvgIpc) is 3.36. The lowest BCUT2D eigenvalue weighted by atomic mass is 10.0. The van der Waals surface area contributed by atoms with Gasteiger partial charge >= 0.3 is 0 Å². The first-order chi connectivity index (χ1) is 18.3. The van der Waals surface area contributed by atoms with Crippen LogP contribution in [0.5, 0.6) is 0 Å². The molecule has 0 saturated carbocycles. The van der Waals surface area contributed by atoms with Crippen molar-refractivity contribution >= 4 is 21.8 Å². The largest absolute Gasteiger partial charge is 0.354 e. The van der Waals surface area contributed by atoms with E-state index in [4.69, 9.17) is 15.0 Å². The molecule has 0 atom stereocenters. The van der Waals surface area contributed by atoms with Crippen LogP contribution in [-0.2, 0) is 0 Å². The minimum atomic E-state index is 0.648. The van der Waals surface area contributed by atoms with Gasteiger partial charge in [0.2, 0.25) is 0 Å². The summed E-state index contributed by atoms with van der Waals surface area (Å²) in [6, 6.07) is 43.5. The summed E-state index contributed by atoms with van der Waals surface area (Å²) in [6.07, 6.45) is 0. The fraction of sp³-hybridized carbons (Fsp3) is 0. The average molecular weight is 475 g/mol. The maximum Gasteiger partial charge on any atom is 0.164 e. The molecule has 2 heterocycles. The van der Waals surface area contributed by atoms with E-state index in [1.54, 1.807) is 0 Å². The van der Waals surface area contributed by atoms with Crippen LogP contribution in [0.1, 0.15) is 0 Å². The van der Waals surface area contributed by atoms with Crippen molar-refractivity contribution in [2.75, 3.05) is 0 Å². The summed E-state index contributed by atoms with van der Waals surface area (Å²) in [5, 5.41) is 2.40. The van der Waals surface area contributed by atoms with E-state index >= 15 is 0 Å². The summed E-state index contributed by atoms with van der Waals surface area (Å²) in [6.45, 7) is 0. The van der Waals surface area contributed by atoms with E-state index in [1.807, 2.05) is 42.5 Å². The molecule has 0 fully saturated rings. The topological polar surface area (TPSA) is 54.5 Å². The van der Waals surface area contributed by atoms with Crippen molar-refractivity contribution in [2.45, 2.75) is 0 Å². The lowest BCUT2D eigenvalue weighted by Crippen LogP contribution is -2.00. The first-order valence-corrected chi connectivity index (χ1v) is 12.3. The molecule has 7 rings (SSSR count). The molecule has 1 N–H and O–H groups in total. The fourth-order valence-electron chi connectivity index (χ4n) is 4.81. The summed E-state index contributed by atoms with van der Waals surface area (Å²) >= 11 is 0. The van der Waals surface area contributed by atoms with Crippen LogP contribution in [0, 0.1) is 0 Å². The minimum Gasteiger partial charge on any atom is -0.354 e. The van der Waals surface area contributed by atoms with Gasteiger partial charge in [0.15, 0.2) is 17.5 Å². The number of hydrogen-bond acceptors (Lipinski definition) is 3. The number of aromatic amines is 1. The number of para-hydroxylation sites is 1. The van der Waals surface area contributed by atoms with Crippen molar-refractivity contribution in [1.82, 2.24) is 19.9 Å². The molecule has 4 nitrogen and oxygen atoms in total. The third kappa shape index (κ3) is 3.95. The zero-order valence-corrected chi connectivity index (χ0v) is 20.0. The van der Waals surface area contributed by atoms with Crippen molar-refractivity contribution in [3.8, 4) is 45.3 Å². The second-order valence-corrected chi connectivity index (χ2v) is 9.05. The Labute approximate surface area is 214 Å². The first-order valence-electron chi connectivity index (χ1n) is 12.3. The Bertz CT molecular complexity index is 1870. The molecule has 0 aliphatic rings. The molecule has 5 aromatic carbocycles. The number of fused-ring (bicyclic) bond motifs is 3. The molecule has 37 heavy (non-hydrogen) atoms. The van der Waals surface area contributed by atoms with Crippen LogP contribution in [0.15, 0.2) is 127 Å². The highest BCUT2D eigenvalue weighted by molar-refractivity contribution is 6.08. The van der Waals surface area contributed by atoms with Gasteiger partial charge in [-0.25, -0.2) is 15.0 Å². The molecule has 0 bridgehead atoms. The second kappa shape index (κ2) is 8.85. The third-order valence-electron chi connectivity index (χ3n) is 6.66. The summed E-state index contributed by atoms with van der Waals surface area (Å²) < 4.78 is 0. The van der Waals surface area contributed by atoms with Gasteiger partial charge < -0.3 is 4.98 Å². The van der Waals surface area contributed by atoms with Crippen LogP contribution >= 0.6 is 0 Å². The molecular formula is C33H22N4. The summed E-state index contributed by atoms with van der Waals surface area (Å²) in [5.41, 5.74) is 7.32. The highest BCUT2D eigenvalue weighted by Gasteiger charge is 2.14. The quantitative estimate of drug-likeness (QED) is 0.280. The van der Waals surface area contributed by atoms with Crippen LogP contribution in [-0.4, -0.2) is 19.9 Å². The van der Waals surface area contributed by atoms with Crippen LogP contribution in [0.2, 0.25) is 0 Å². The monoisotopic (exact) mass is 474 g/mol. The number of aromatic nitrogens is 4. The van der Waals surface area contributed by atoms with Gasteiger partial charge in [-0.15, -0.1) is 0 Å². The van der Waals surface area contributed by atoms with Gasteiger partial charge in [-0.3, -0.25) is 0 Å². The minimum absolute atomic E-state index is 0.648. The van der Waals surface area contributed by atoms with Gasteiger partial charge in [0.25, 0.3) is 0 Å². The Hall–Kier alpha value is -5.09. The molecule has 0 spiro atoms. The highest BCUT2D eigenvalue weighted by atomic mass is 15.0. The Kier molecular flexibility index (Phi) is 5.07. The van der Waals surface area contributed by atoms with Gasteiger partial charge in [0.05, 0.1) is 0 Å². The van der Waals surface area contributed by atoms with Crippen molar-refractivity contribution < 1.29 is 0 Å². The van der Waals surface area contributed by atoms with Crippen molar-refractivity contribution in [1.29, 1.82) is 0 Å². The van der Waals surface area contributed by atoms with Gasteiger partial charge in [0, 0.05) is 38.5 Å². The second-order valence-electron chi connectivity index (χ2n) is 9.05. The van der Waals surface area contributed by atoms with Crippen LogP contribution in [0.25, 0.3) is 67.1 Å². The smallest absolute Gasteiger partial charge is 0.164 e. The van der Waals surface area contributed by atoms with Gasteiger partial charge in [-0.1, -0.05) is 109 Å². The number of rotatable bonds is 4. The van der Waals surface area contributed by atoms with E-state index in [1.165, 1.54) is 10.8 Å². The Morgan fingerprint density at radius 1 is 0.351 bits per heavy atom. The van der Waals surface area contributed by atoms with Gasteiger partial charge in [-0.2, -0.15) is 0 Å². The maximum absolute atomic E-state index is 4.96. The molecule has 2 aromatic heterocycles. The van der Waals surface area contributed by atoms with Gasteiger partial charge in [0.1, 0.15) is 0 Å². The molecule has 0 aliphatic carbocycles. The molecule has 7 aromatic rings. The Morgan fingerprint density at radius 2 is 0.892 bits per heavy atom. The molecule has 0 amide bonds. The predicted molar refractivity (Wildman–Crippen MR) is 151 cm³/mol. The normalized spacial score (nSPS) is 11.2. The van der Waals surface area contributed by atoms with Gasteiger partial charge in [-0.05, 0) is 29.3 Å².